The van der Waals surface area contributed by atoms with Crippen LogP contribution in [0.4, 0.5) is 5.69 Å². The van der Waals surface area contributed by atoms with Gasteiger partial charge in [0.15, 0.2) is 4.90 Å². The number of nitro benzene ring substituents is 1. The fraction of sp³-hybridized carbons (Fsp3) is 0.417. The van der Waals surface area contributed by atoms with E-state index < -0.39 is 25.5 Å². The molecule has 8 nitrogen and oxygen atoms in total. The molecule has 0 amide bonds. The molecule has 9 heteroatoms. The number of benzene rings is 1. The summed E-state index contributed by atoms with van der Waals surface area (Å²) in [6, 6.07) is 5.08. The van der Waals surface area contributed by atoms with Crippen molar-refractivity contribution in [3.8, 4) is 0 Å². The highest BCUT2D eigenvalue weighted by Crippen LogP contribution is 2.24. The molecule has 0 aromatic heterocycles. The van der Waals surface area contributed by atoms with Gasteiger partial charge in [0.05, 0.1) is 4.92 Å². The van der Waals surface area contributed by atoms with Gasteiger partial charge in [-0.2, -0.15) is 8.42 Å². The second-order valence-corrected chi connectivity index (χ2v) is 6.27. The third kappa shape index (κ3) is 3.48. The van der Waals surface area contributed by atoms with Crippen molar-refractivity contribution in [2.24, 2.45) is 10.1 Å². The molecule has 1 saturated heterocycles. The Labute approximate surface area is 122 Å². The molecule has 2 N–H and O–H groups in total. The van der Waals surface area contributed by atoms with E-state index in [1.165, 1.54) is 12.1 Å². The number of nitro groups is 1. The summed E-state index contributed by atoms with van der Waals surface area (Å²) in [5, 5.41) is 10.9. The Morgan fingerprint density at radius 3 is 2.48 bits per heavy atom. The van der Waals surface area contributed by atoms with Gasteiger partial charge >= 0.3 is 0 Å². The van der Waals surface area contributed by atoms with Crippen molar-refractivity contribution in [3.63, 3.8) is 0 Å². The van der Waals surface area contributed by atoms with E-state index in [0.29, 0.717) is 13.1 Å². The molecule has 1 fully saturated rings. The molecule has 1 aliphatic rings. The third-order valence-corrected chi connectivity index (χ3v) is 4.56. The molecule has 0 saturated carbocycles. The summed E-state index contributed by atoms with van der Waals surface area (Å²) in [5.41, 5.74) is 5.22. The standard InChI is InChI=1S/C12H16N4O4S/c13-12(15-8-4-1-5-9-15)14-21(19,20)11-7-3-2-6-10(11)16(17)18/h2-3,6-7H,1,4-5,8-9H2,(H2,13,14). The zero-order valence-corrected chi connectivity index (χ0v) is 12.1. The minimum absolute atomic E-state index is 0.118. The molecule has 0 aliphatic carbocycles. The number of hydrogen-bond donors (Lipinski definition) is 1. The zero-order valence-electron chi connectivity index (χ0n) is 11.3. The molecule has 114 valence electrons. The Bertz CT molecular complexity index is 666. The van der Waals surface area contributed by atoms with E-state index in [-0.39, 0.29) is 5.96 Å². The van der Waals surface area contributed by atoms with Crippen molar-refractivity contribution >= 4 is 21.7 Å². The number of rotatable bonds is 3. The van der Waals surface area contributed by atoms with Crippen LogP contribution < -0.4 is 5.73 Å². The first-order valence-corrected chi connectivity index (χ1v) is 7.94. The number of para-hydroxylation sites is 1. The van der Waals surface area contributed by atoms with Crippen molar-refractivity contribution < 1.29 is 13.3 Å². The van der Waals surface area contributed by atoms with Gasteiger partial charge < -0.3 is 10.6 Å². The molecule has 0 atom stereocenters. The fourth-order valence-corrected chi connectivity index (χ4v) is 3.30. The predicted octanol–water partition coefficient (Wildman–Crippen LogP) is 1.08. The van der Waals surface area contributed by atoms with E-state index in [4.69, 9.17) is 5.73 Å². The van der Waals surface area contributed by atoms with Gasteiger partial charge in [-0.3, -0.25) is 10.1 Å². The maximum atomic E-state index is 12.2. The van der Waals surface area contributed by atoms with Crippen molar-refractivity contribution in [2.45, 2.75) is 24.2 Å². The molecule has 2 rings (SSSR count). The Balaban J connectivity index is 2.36. The Morgan fingerprint density at radius 2 is 1.86 bits per heavy atom. The number of piperidine rings is 1. The molecule has 1 heterocycles. The highest BCUT2D eigenvalue weighted by Gasteiger charge is 2.26. The monoisotopic (exact) mass is 312 g/mol. The molecule has 0 radical (unpaired) electrons. The maximum Gasteiger partial charge on any atom is 0.292 e. The Morgan fingerprint density at radius 1 is 1.24 bits per heavy atom. The second-order valence-electron chi connectivity index (χ2n) is 4.70. The zero-order chi connectivity index (χ0) is 15.5. The number of likely N-dealkylation sites (tertiary alicyclic amines) is 1. The summed E-state index contributed by atoms with van der Waals surface area (Å²) in [6.45, 7) is 1.28. The van der Waals surface area contributed by atoms with Crippen LogP contribution in [0.15, 0.2) is 33.6 Å². The van der Waals surface area contributed by atoms with Gasteiger partial charge in [0.2, 0.25) is 5.96 Å². The summed E-state index contributed by atoms with van der Waals surface area (Å²) in [7, 11) is -4.20. The number of nitrogens with zero attached hydrogens (tertiary/aromatic N) is 3. The molecule has 0 unspecified atom stereocenters. The lowest BCUT2D eigenvalue weighted by Crippen LogP contribution is -2.41. The molecule has 1 aliphatic heterocycles. The summed E-state index contributed by atoms with van der Waals surface area (Å²) >= 11 is 0. The van der Waals surface area contributed by atoms with Crippen LogP contribution in [-0.2, 0) is 10.0 Å². The highest BCUT2D eigenvalue weighted by molar-refractivity contribution is 7.90. The van der Waals surface area contributed by atoms with E-state index in [1.807, 2.05) is 0 Å². The van der Waals surface area contributed by atoms with Crippen LogP contribution in [0.2, 0.25) is 0 Å². The van der Waals surface area contributed by atoms with Gasteiger partial charge in [0.1, 0.15) is 0 Å². The van der Waals surface area contributed by atoms with Crippen LogP contribution in [0.5, 0.6) is 0 Å². The predicted molar refractivity (Wildman–Crippen MR) is 77.3 cm³/mol. The van der Waals surface area contributed by atoms with E-state index in [2.05, 4.69) is 4.40 Å². The van der Waals surface area contributed by atoms with Gasteiger partial charge in [-0.05, 0) is 25.3 Å². The molecular formula is C12H16N4O4S. The normalized spacial score (nSPS) is 16.8. The summed E-state index contributed by atoms with van der Waals surface area (Å²) < 4.78 is 28.0. The minimum atomic E-state index is -4.20. The highest BCUT2D eigenvalue weighted by atomic mass is 32.2. The molecule has 21 heavy (non-hydrogen) atoms. The SMILES string of the molecule is NC(=NS(=O)(=O)c1ccccc1[N+](=O)[O-])N1CCCCC1. The van der Waals surface area contributed by atoms with Gasteiger partial charge in [-0.15, -0.1) is 4.40 Å². The molecule has 1 aromatic rings. The van der Waals surface area contributed by atoms with Crippen molar-refractivity contribution in [1.82, 2.24) is 4.90 Å². The van der Waals surface area contributed by atoms with Crippen molar-refractivity contribution in [1.29, 1.82) is 0 Å². The smallest absolute Gasteiger partial charge is 0.292 e. The molecule has 0 spiro atoms. The average molecular weight is 312 g/mol. The summed E-state index contributed by atoms with van der Waals surface area (Å²) in [4.78, 5) is 11.4. The van der Waals surface area contributed by atoms with E-state index in [1.54, 1.807) is 4.90 Å². The van der Waals surface area contributed by atoms with Crippen LogP contribution in [-0.4, -0.2) is 37.3 Å². The van der Waals surface area contributed by atoms with E-state index >= 15 is 0 Å². The van der Waals surface area contributed by atoms with Crippen LogP contribution >= 0.6 is 0 Å². The van der Waals surface area contributed by atoms with E-state index in [9.17, 15) is 18.5 Å². The van der Waals surface area contributed by atoms with E-state index in [0.717, 1.165) is 31.4 Å². The summed E-state index contributed by atoms with van der Waals surface area (Å²) in [6.07, 6.45) is 2.91. The van der Waals surface area contributed by atoms with Crippen LogP contribution in [0.1, 0.15) is 19.3 Å². The number of nitrogens with two attached hydrogens (primary N) is 1. The summed E-state index contributed by atoms with van der Waals surface area (Å²) in [5.74, 6) is -0.118. The first-order chi connectivity index (χ1) is 9.92. The van der Waals surface area contributed by atoms with Gasteiger partial charge in [0, 0.05) is 19.2 Å². The van der Waals surface area contributed by atoms with Gasteiger partial charge in [-0.1, -0.05) is 12.1 Å². The second kappa shape index (κ2) is 6.08. The lowest BCUT2D eigenvalue weighted by atomic mass is 10.1. The molecule has 0 bridgehead atoms. The van der Waals surface area contributed by atoms with Crippen LogP contribution in [0.3, 0.4) is 0 Å². The largest absolute Gasteiger partial charge is 0.369 e. The number of hydrogen-bond acceptors (Lipinski definition) is 4. The van der Waals surface area contributed by atoms with Gasteiger partial charge in [-0.25, -0.2) is 0 Å². The fourth-order valence-electron chi connectivity index (χ4n) is 2.18. The minimum Gasteiger partial charge on any atom is -0.369 e. The molecule has 1 aromatic carbocycles. The van der Waals surface area contributed by atoms with Crippen LogP contribution in [0.25, 0.3) is 0 Å². The average Bonchev–Trinajstić information content (AvgIpc) is 2.47. The molecular weight excluding hydrogens is 296 g/mol. The quantitative estimate of drug-likeness (QED) is 0.386. The van der Waals surface area contributed by atoms with Gasteiger partial charge in [0.25, 0.3) is 15.7 Å². The third-order valence-electron chi connectivity index (χ3n) is 3.23. The first kappa shape index (κ1) is 15.2. The van der Waals surface area contributed by atoms with Crippen molar-refractivity contribution in [2.75, 3.05) is 13.1 Å². The first-order valence-electron chi connectivity index (χ1n) is 6.50. The topological polar surface area (TPSA) is 119 Å². The number of sulfonamides is 1. The number of guanidine groups is 1. The maximum absolute atomic E-state index is 12.2. The Kier molecular flexibility index (Phi) is 4.41. The van der Waals surface area contributed by atoms with Crippen LogP contribution in [0, 0.1) is 10.1 Å². The van der Waals surface area contributed by atoms with Crippen molar-refractivity contribution in [3.05, 3.63) is 34.4 Å². The Hall–Kier alpha value is -2.16. The lowest BCUT2D eigenvalue weighted by Gasteiger charge is -2.27. The lowest BCUT2D eigenvalue weighted by molar-refractivity contribution is -0.387.